The molecule has 20 heavy (non-hydrogen) atoms. The molecule has 0 amide bonds. The summed E-state index contributed by atoms with van der Waals surface area (Å²) in [6.45, 7) is 0. The van der Waals surface area contributed by atoms with E-state index in [9.17, 15) is 9.90 Å². The van der Waals surface area contributed by atoms with E-state index < -0.39 is 5.60 Å². The van der Waals surface area contributed by atoms with Crippen molar-refractivity contribution < 1.29 is 9.90 Å². The lowest BCUT2D eigenvalue weighted by Gasteiger charge is -2.34. The molecule has 3 rings (SSSR count). The highest BCUT2D eigenvalue weighted by Crippen LogP contribution is 2.37. The monoisotopic (exact) mass is 272 g/mol. The van der Waals surface area contributed by atoms with E-state index in [0.717, 1.165) is 50.5 Å². The molecular weight excluding hydrogens is 248 g/mol. The largest absolute Gasteiger partial charge is 0.390 e. The van der Waals surface area contributed by atoms with Gasteiger partial charge in [0.25, 0.3) is 0 Å². The van der Waals surface area contributed by atoms with Crippen LogP contribution in [0.2, 0.25) is 0 Å². The second-order valence-electron chi connectivity index (χ2n) is 6.60. The van der Waals surface area contributed by atoms with E-state index >= 15 is 0 Å². The molecule has 0 heterocycles. The zero-order valence-electron chi connectivity index (χ0n) is 12.1. The first-order chi connectivity index (χ1) is 9.68. The Morgan fingerprint density at radius 3 is 2.65 bits per heavy atom. The minimum atomic E-state index is -0.585. The third kappa shape index (κ3) is 2.80. The lowest BCUT2D eigenvalue weighted by Crippen LogP contribution is -2.35. The Kier molecular flexibility index (Phi) is 3.93. The number of ketones is 1. The number of rotatable bonds is 2. The highest BCUT2D eigenvalue weighted by atomic mass is 16.3. The second-order valence-corrected chi connectivity index (χ2v) is 6.60. The topological polar surface area (TPSA) is 37.3 Å². The van der Waals surface area contributed by atoms with E-state index in [4.69, 9.17) is 0 Å². The van der Waals surface area contributed by atoms with Crippen molar-refractivity contribution in [2.45, 2.75) is 63.4 Å². The molecule has 2 aliphatic carbocycles. The van der Waals surface area contributed by atoms with Crippen LogP contribution in [0.25, 0.3) is 0 Å². The number of aryl methyl sites for hydroxylation is 1. The van der Waals surface area contributed by atoms with Gasteiger partial charge in [0.1, 0.15) is 0 Å². The smallest absolute Gasteiger partial charge is 0.166 e. The van der Waals surface area contributed by atoms with Gasteiger partial charge in [0.2, 0.25) is 0 Å². The van der Waals surface area contributed by atoms with Crippen molar-refractivity contribution in [3.63, 3.8) is 0 Å². The Morgan fingerprint density at radius 1 is 1.10 bits per heavy atom. The van der Waals surface area contributed by atoms with Crippen molar-refractivity contribution in [1.82, 2.24) is 0 Å². The Hall–Kier alpha value is -1.15. The summed E-state index contributed by atoms with van der Waals surface area (Å²) in [6.07, 6.45) is 8.83. The number of benzene rings is 1. The van der Waals surface area contributed by atoms with Crippen molar-refractivity contribution in [2.75, 3.05) is 0 Å². The molecule has 1 saturated carbocycles. The Balaban J connectivity index is 1.79. The summed E-state index contributed by atoms with van der Waals surface area (Å²) < 4.78 is 0. The van der Waals surface area contributed by atoms with Gasteiger partial charge in [-0.25, -0.2) is 0 Å². The normalized spacial score (nSPS) is 25.9. The van der Waals surface area contributed by atoms with E-state index in [1.54, 1.807) is 0 Å². The number of Topliss-reactive ketones (excluding diaryl/α,β-unsaturated/α-hetero) is 1. The highest BCUT2D eigenvalue weighted by Gasteiger charge is 2.36. The molecule has 1 aromatic carbocycles. The number of hydrogen-bond acceptors (Lipinski definition) is 2. The van der Waals surface area contributed by atoms with Gasteiger partial charge in [0, 0.05) is 11.5 Å². The molecule has 0 aliphatic heterocycles. The molecule has 0 radical (unpaired) electrons. The maximum absolute atomic E-state index is 12.7. The lowest BCUT2D eigenvalue weighted by molar-refractivity contribution is -0.0164. The Morgan fingerprint density at radius 2 is 1.85 bits per heavy atom. The predicted octanol–water partition coefficient (Wildman–Crippen LogP) is 3.91. The number of aliphatic hydroxyl groups is 1. The third-order valence-corrected chi connectivity index (χ3v) is 5.06. The summed E-state index contributed by atoms with van der Waals surface area (Å²) in [5, 5.41) is 10.7. The molecule has 0 saturated heterocycles. The molecule has 0 spiro atoms. The van der Waals surface area contributed by atoms with Crippen LogP contribution in [-0.4, -0.2) is 16.5 Å². The molecule has 2 nitrogen and oxygen atoms in total. The second kappa shape index (κ2) is 5.69. The van der Waals surface area contributed by atoms with Gasteiger partial charge in [-0.2, -0.15) is 0 Å². The van der Waals surface area contributed by atoms with E-state index in [-0.39, 0.29) is 11.7 Å². The predicted molar refractivity (Wildman–Crippen MR) is 79.9 cm³/mol. The van der Waals surface area contributed by atoms with Crippen LogP contribution >= 0.6 is 0 Å². The zero-order valence-corrected chi connectivity index (χ0v) is 12.1. The fourth-order valence-corrected chi connectivity index (χ4v) is 3.94. The van der Waals surface area contributed by atoms with Gasteiger partial charge in [-0.3, -0.25) is 4.79 Å². The van der Waals surface area contributed by atoms with Gasteiger partial charge in [0.05, 0.1) is 5.60 Å². The number of hydrogen-bond donors (Lipinski definition) is 1. The van der Waals surface area contributed by atoms with Gasteiger partial charge in [-0.05, 0) is 44.1 Å². The molecule has 1 N–H and O–H groups in total. The summed E-state index contributed by atoms with van der Waals surface area (Å²) in [5.74, 6) is 0.277. The van der Waals surface area contributed by atoms with Gasteiger partial charge in [0.15, 0.2) is 5.78 Å². The van der Waals surface area contributed by atoms with Crippen LogP contribution in [0.3, 0.4) is 0 Å². The fourth-order valence-electron chi connectivity index (χ4n) is 3.94. The molecule has 2 aliphatic rings. The van der Waals surface area contributed by atoms with Crippen molar-refractivity contribution in [3.05, 3.63) is 35.4 Å². The van der Waals surface area contributed by atoms with Crippen LogP contribution in [0.1, 0.15) is 67.3 Å². The van der Waals surface area contributed by atoms with Crippen LogP contribution in [-0.2, 0) is 6.42 Å². The zero-order chi connectivity index (χ0) is 14.0. The first-order valence-corrected chi connectivity index (χ1v) is 8.02. The average Bonchev–Trinajstić information content (AvgIpc) is 2.60. The molecule has 1 atom stereocenters. The van der Waals surface area contributed by atoms with Gasteiger partial charge in [-0.15, -0.1) is 0 Å². The van der Waals surface area contributed by atoms with Gasteiger partial charge < -0.3 is 5.11 Å². The van der Waals surface area contributed by atoms with E-state index in [1.807, 2.05) is 18.2 Å². The minimum Gasteiger partial charge on any atom is -0.390 e. The summed E-state index contributed by atoms with van der Waals surface area (Å²) in [6, 6.07) is 8.00. The molecule has 1 fully saturated rings. The SMILES string of the molecule is O=C1c2ccccc2CCCC1CC1(O)CCCCC1. The molecule has 2 heteroatoms. The van der Waals surface area contributed by atoms with Crippen LogP contribution < -0.4 is 0 Å². The number of carbonyl (C=O) groups excluding carboxylic acids is 1. The molecular formula is C18H24O2. The number of fused-ring (bicyclic) bond motifs is 1. The quantitative estimate of drug-likeness (QED) is 0.829. The average molecular weight is 272 g/mol. The van der Waals surface area contributed by atoms with Crippen molar-refractivity contribution >= 4 is 5.78 Å². The maximum atomic E-state index is 12.7. The first-order valence-electron chi connectivity index (χ1n) is 8.02. The molecule has 1 aromatic rings. The summed E-state index contributed by atoms with van der Waals surface area (Å²) >= 11 is 0. The lowest BCUT2D eigenvalue weighted by atomic mass is 9.76. The van der Waals surface area contributed by atoms with Crippen LogP contribution in [0.5, 0.6) is 0 Å². The van der Waals surface area contributed by atoms with Crippen LogP contribution in [0.15, 0.2) is 24.3 Å². The maximum Gasteiger partial charge on any atom is 0.166 e. The van der Waals surface area contributed by atoms with E-state index in [0.29, 0.717) is 6.42 Å². The standard InChI is InChI=1S/C18H24O2/c19-17-15(13-18(20)11-4-1-5-12-18)9-6-8-14-7-2-3-10-16(14)17/h2-3,7,10,15,20H,1,4-6,8-9,11-13H2. The van der Waals surface area contributed by atoms with Crippen LogP contribution in [0.4, 0.5) is 0 Å². The molecule has 1 unspecified atom stereocenters. The van der Waals surface area contributed by atoms with Crippen LogP contribution in [0, 0.1) is 5.92 Å². The molecule has 108 valence electrons. The van der Waals surface area contributed by atoms with Gasteiger partial charge in [-0.1, -0.05) is 43.5 Å². The van der Waals surface area contributed by atoms with Gasteiger partial charge >= 0.3 is 0 Å². The van der Waals surface area contributed by atoms with Crippen molar-refractivity contribution in [2.24, 2.45) is 5.92 Å². The molecule has 0 bridgehead atoms. The van der Waals surface area contributed by atoms with E-state index in [1.165, 1.54) is 12.0 Å². The van der Waals surface area contributed by atoms with Crippen molar-refractivity contribution in [3.8, 4) is 0 Å². The van der Waals surface area contributed by atoms with Crippen molar-refractivity contribution in [1.29, 1.82) is 0 Å². The Labute approximate surface area is 121 Å². The summed E-state index contributed by atoms with van der Waals surface area (Å²) in [4.78, 5) is 12.7. The summed E-state index contributed by atoms with van der Waals surface area (Å²) in [5.41, 5.74) is 1.50. The highest BCUT2D eigenvalue weighted by molar-refractivity contribution is 5.99. The molecule has 0 aromatic heterocycles. The first kappa shape index (κ1) is 13.8. The number of carbonyl (C=O) groups is 1. The minimum absolute atomic E-state index is 0.0155. The van der Waals surface area contributed by atoms with E-state index in [2.05, 4.69) is 6.07 Å². The third-order valence-electron chi connectivity index (χ3n) is 5.06. The Bertz CT molecular complexity index is 486. The summed E-state index contributed by atoms with van der Waals surface area (Å²) in [7, 11) is 0. The fraction of sp³-hybridized carbons (Fsp3) is 0.611.